The third-order valence-electron chi connectivity index (χ3n) is 6.24. The zero-order valence-electron chi connectivity index (χ0n) is 28.5. The van der Waals surface area contributed by atoms with Gasteiger partial charge in [-0.3, -0.25) is 23.2 Å². The van der Waals surface area contributed by atoms with Crippen LogP contribution in [-0.4, -0.2) is 49.6 Å². The Labute approximate surface area is 266 Å². The van der Waals surface area contributed by atoms with E-state index in [-0.39, 0.29) is 38.6 Å². The van der Waals surface area contributed by atoms with Crippen LogP contribution in [0.5, 0.6) is 5.75 Å². The summed E-state index contributed by atoms with van der Waals surface area (Å²) in [6.07, 6.45) is 12.3. The van der Waals surface area contributed by atoms with E-state index in [0.29, 0.717) is 19.4 Å². The highest BCUT2D eigenvalue weighted by Crippen LogP contribution is 2.52. The van der Waals surface area contributed by atoms with E-state index in [1.54, 1.807) is 41.5 Å². The molecule has 1 unspecified atom stereocenters. The van der Waals surface area contributed by atoms with Crippen LogP contribution in [0.4, 0.5) is 0 Å². The number of phosphoric ester groups is 1. The highest BCUT2D eigenvalue weighted by molar-refractivity contribution is 7.48. The van der Waals surface area contributed by atoms with Crippen LogP contribution in [0.1, 0.15) is 131 Å². The maximum atomic E-state index is 13.1. The summed E-state index contributed by atoms with van der Waals surface area (Å²) in [5.74, 6) is 0.00993. The predicted molar refractivity (Wildman–Crippen MR) is 174 cm³/mol. The van der Waals surface area contributed by atoms with Gasteiger partial charge in [0.25, 0.3) is 0 Å². The monoisotopic (exact) mass is 642 g/mol. The molecule has 10 heteroatoms. The number of carbonyl (C=O) groups excluding carboxylic acids is 2. The van der Waals surface area contributed by atoms with Crippen molar-refractivity contribution >= 4 is 19.8 Å². The Kier molecular flexibility index (Phi) is 19.8. The van der Waals surface area contributed by atoms with Gasteiger partial charge in [-0.1, -0.05) is 76.5 Å². The number of para-hydroxylation sites is 1. The van der Waals surface area contributed by atoms with Crippen LogP contribution < -0.4 is 4.74 Å². The molecule has 0 aromatic heterocycles. The molecule has 0 fully saturated rings. The molecule has 0 aliphatic heterocycles. The Morgan fingerprint density at radius 1 is 0.682 bits per heavy atom. The van der Waals surface area contributed by atoms with Gasteiger partial charge < -0.3 is 14.2 Å². The fourth-order valence-electron chi connectivity index (χ4n) is 4.23. The molecule has 1 atom stereocenters. The molecule has 1 aromatic rings. The molecular weight excluding hydrogens is 583 g/mol. The number of aryl methyl sites for hydroxylation is 1. The van der Waals surface area contributed by atoms with Crippen molar-refractivity contribution in [3.05, 3.63) is 29.8 Å². The zero-order valence-corrected chi connectivity index (χ0v) is 29.3. The number of benzene rings is 1. The minimum absolute atomic E-state index is 0.0113. The molecule has 0 saturated heterocycles. The zero-order chi connectivity index (χ0) is 32.9. The second-order valence-corrected chi connectivity index (χ2v) is 14.6. The van der Waals surface area contributed by atoms with E-state index in [1.807, 2.05) is 24.3 Å². The van der Waals surface area contributed by atoms with Crippen LogP contribution in [0.3, 0.4) is 0 Å². The summed E-state index contributed by atoms with van der Waals surface area (Å²) in [5, 5.41) is 0. The van der Waals surface area contributed by atoms with Crippen LogP contribution >= 0.6 is 7.82 Å². The molecule has 1 rings (SSSR count). The van der Waals surface area contributed by atoms with E-state index in [2.05, 4.69) is 6.92 Å². The van der Waals surface area contributed by atoms with Crippen molar-refractivity contribution in [1.29, 1.82) is 0 Å². The van der Waals surface area contributed by atoms with E-state index in [1.165, 1.54) is 51.4 Å². The molecule has 0 radical (unpaired) electrons. The predicted octanol–water partition coefficient (Wildman–Crippen LogP) is 9.15. The van der Waals surface area contributed by atoms with Gasteiger partial charge in [-0.15, -0.1) is 0 Å². The van der Waals surface area contributed by atoms with Crippen molar-refractivity contribution in [2.75, 3.05) is 26.4 Å². The highest BCUT2D eigenvalue weighted by Gasteiger charge is 2.33. The minimum Gasteiger partial charge on any atom is -0.493 e. The third kappa shape index (κ3) is 21.7. The summed E-state index contributed by atoms with van der Waals surface area (Å²) in [7, 11) is -3.96. The van der Waals surface area contributed by atoms with Gasteiger partial charge in [-0.05, 0) is 66.0 Å². The third-order valence-corrected chi connectivity index (χ3v) is 8.01. The normalized spacial score (nSPS) is 13.3. The maximum Gasteiger partial charge on any atom is 0.475 e. The van der Waals surface area contributed by atoms with Crippen molar-refractivity contribution < 1.29 is 41.9 Å². The highest BCUT2D eigenvalue weighted by atomic mass is 31.2. The van der Waals surface area contributed by atoms with Gasteiger partial charge in [0.05, 0.1) is 38.4 Å². The summed E-state index contributed by atoms with van der Waals surface area (Å²) >= 11 is 0. The van der Waals surface area contributed by atoms with Gasteiger partial charge in [0.15, 0.2) is 0 Å². The van der Waals surface area contributed by atoms with E-state index >= 15 is 0 Å². The lowest BCUT2D eigenvalue weighted by molar-refractivity contribution is -0.155. The number of rotatable bonds is 24. The summed E-state index contributed by atoms with van der Waals surface area (Å²) in [6.45, 7) is 13.3. The molecule has 44 heavy (non-hydrogen) atoms. The lowest BCUT2D eigenvalue weighted by Gasteiger charge is -2.26. The first kappa shape index (κ1) is 40.1. The molecule has 0 aliphatic rings. The second kappa shape index (κ2) is 21.7. The first-order valence-corrected chi connectivity index (χ1v) is 17.9. The van der Waals surface area contributed by atoms with Crippen molar-refractivity contribution in [2.24, 2.45) is 0 Å². The second-order valence-electron chi connectivity index (χ2n) is 13.0. The summed E-state index contributed by atoms with van der Waals surface area (Å²) in [6, 6.07) is 7.80. The Bertz CT molecular complexity index is 982. The fraction of sp³-hybridized carbons (Fsp3) is 0.765. The van der Waals surface area contributed by atoms with Crippen LogP contribution in [0.25, 0.3) is 0 Å². The van der Waals surface area contributed by atoms with Crippen LogP contribution in [0, 0.1) is 0 Å². The minimum atomic E-state index is -3.96. The molecule has 0 bridgehead atoms. The summed E-state index contributed by atoms with van der Waals surface area (Å²) in [5.41, 5.74) is -0.450. The molecular formula is C34H59O9P. The SMILES string of the molecule is CCCCCCCCCCCOc1ccccc1CCC(=O)OCCCOP(=O)(OCCC(=O)OC(C)(C)C)OC(C)(C)C. The Balaban J connectivity index is 2.34. The average molecular weight is 643 g/mol. The molecule has 0 aliphatic carbocycles. The quantitative estimate of drug-likeness (QED) is 0.0620. The van der Waals surface area contributed by atoms with Crippen molar-refractivity contribution in [3.8, 4) is 5.75 Å². The van der Waals surface area contributed by atoms with Crippen molar-refractivity contribution in [3.63, 3.8) is 0 Å². The standard InChI is InChI=1S/C34H59O9P/c1-8-9-10-11-12-13-14-15-18-25-38-30-21-17-16-20-29(30)22-23-31(35)39-26-19-27-40-44(37,43-34(5,6)7)41-28-24-32(36)42-33(2,3)4/h16-17,20-21H,8-15,18-19,22-28H2,1-7H3. The molecule has 0 N–H and O–H groups in total. The maximum absolute atomic E-state index is 13.1. The smallest absolute Gasteiger partial charge is 0.475 e. The molecule has 0 heterocycles. The number of hydrogen-bond donors (Lipinski definition) is 0. The Hall–Kier alpha value is -1.93. The lowest BCUT2D eigenvalue weighted by atomic mass is 10.1. The van der Waals surface area contributed by atoms with Crippen LogP contribution in [-0.2, 0) is 43.6 Å². The van der Waals surface area contributed by atoms with Crippen molar-refractivity contribution in [2.45, 2.75) is 143 Å². The van der Waals surface area contributed by atoms with Crippen LogP contribution in [0.2, 0.25) is 0 Å². The molecule has 0 spiro atoms. The molecule has 1 aromatic carbocycles. The van der Waals surface area contributed by atoms with Gasteiger partial charge in [0.2, 0.25) is 0 Å². The number of hydrogen-bond acceptors (Lipinski definition) is 9. The van der Waals surface area contributed by atoms with Gasteiger partial charge in [0.1, 0.15) is 11.4 Å². The average Bonchev–Trinajstić information content (AvgIpc) is 2.91. The Morgan fingerprint density at radius 2 is 1.30 bits per heavy atom. The number of ether oxygens (including phenoxy) is 3. The number of unbranched alkanes of at least 4 members (excludes halogenated alkanes) is 8. The van der Waals surface area contributed by atoms with Gasteiger partial charge >= 0.3 is 19.8 Å². The van der Waals surface area contributed by atoms with E-state index in [4.69, 9.17) is 27.8 Å². The number of carbonyl (C=O) groups is 2. The number of phosphoric acid groups is 1. The van der Waals surface area contributed by atoms with Crippen molar-refractivity contribution in [1.82, 2.24) is 0 Å². The van der Waals surface area contributed by atoms with Gasteiger partial charge in [-0.2, -0.15) is 0 Å². The molecule has 0 saturated carbocycles. The van der Waals surface area contributed by atoms with Gasteiger partial charge in [0, 0.05) is 12.8 Å². The topological polar surface area (TPSA) is 107 Å². The summed E-state index contributed by atoms with van der Waals surface area (Å²) in [4.78, 5) is 24.3. The van der Waals surface area contributed by atoms with E-state index in [0.717, 1.165) is 17.7 Å². The van der Waals surface area contributed by atoms with Gasteiger partial charge in [-0.25, -0.2) is 4.57 Å². The molecule has 0 amide bonds. The fourth-order valence-corrected chi connectivity index (χ4v) is 5.75. The Morgan fingerprint density at radius 3 is 1.93 bits per heavy atom. The lowest BCUT2D eigenvalue weighted by Crippen LogP contribution is -2.25. The largest absolute Gasteiger partial charge is 0.493 e. The number of esters is 2. The van der Waals surface area contributed by atoms with E-state index in [9.17, 15) is 14.2 Å². The van der Waals surface area contributed by atoms with Crippen LogP contribution in [0.15, 0.2) is 24.3 Å². The molecule has 254 valence electrons. The summed E-state index contributed by atoms with van der Waals surface area (Å²) < 4.78 is 46.1. The van der Waals surface area contributed by atoms with E-state index < -0.39 is 25.0 Å². The first-order chi connectivity index (χ1) is 20.7. The first-order valence-electron chi connectivity index (χ1n) is 16.4. The molecule has 9 nitrogen and oxygen atoms in total.